The number of para-hydroxylation sites is 1. The van der Waals surface area contributed by atoms with Crippen molar-refractivity contribution in [3.05, 3.63) is 54.1 Å². The first-order valence-electron chi connectivity index (χ1n) is 10.0. The van der Waals surface area contributed by atoms with E-state index in [1.165, 1.54) is 11.0 Å². The minimum atomic E-state index is -4.10. The second kappa shape index (κ2) is 8.47. The van der Waals surface area contributed by atoms with Crippen LogP contribution in [0, 0.1) is 0 Å². The second-order valence-corrected chi connectivity index (χ2v) is 9.48. The summed E-state index contributed by atoms with van der Waals surface area (Å²) in [6.07, 6.45) is 0.749. The number of benzene rings is 2. The van der Waals surface area contributed by atoms with E-state index in [1.54, 1.807) is 30.3 Å². The predicted molar refractivity (Wildman–Crippen MR) is 117 cm³/mol. The lowest BCUT2D eigenvalue weighted by Gasteiger charge is -2.36. The number of fused-ring (bicyclic) bond motifs is 1. The zero-order valence-corrected chi connectivity index (χ0v) is 18.4. The average molecular weight is 430 g/mol. The smallest absolute Gasteiger partial charge is 0.343 e. The number of hydrogen-bond acceptors (Lipinski definition) is 4. The number of hydrogen-bond donors (Lipinski definition) is 1. The Hall–Kier alpha value is -2.87. The average Bonchev–Trinajstić information content (AvgIpc) is 2.71. The van der Waals surface area contributed by atoms with E-state index in [-0.39, 0.29) is 40.7 Å². The molecule has 2 aromatic carbocycles. The number of nitrogens with zero attached hydrogens (tertiary/aromatic N) is 2. The zero-order chi connectivity index (χ0) is 22.1. The number of carbonyl (C=O) groups excluding carboxylic acids is 2. The Kier molecular flexibility index (Phi) is 6.17. The van der Waals surface area contributed by atoms with Crippen LogP contribution < -0.4 is 14.5 Å². The highest BCUT2D eigenvalue weighted by Gasteiger charge is 2.43. The molecular formula is C22H27N3O4S. The van der Waals surface area contributed by atoms with Crippen LogP contribution in [-0.4, -0.2) is 32.9 Å². The molecule has 0 aromatic heterocycles. The molecule has 1 N–H and O–H groups in total. The fourth-order valence-electron chi connectivity index (χ4n) is 3.27. The molecule has 7 nitrogen and oxygen atoms in total. The summed E-state index contributed by atoms with van der Waals surface area (Å²) in [5, 5.41) is 2.82. The molecule has 1 aliphatic heterocycles. The van der Waals surface area contributed by atoms with E-state index in [1.807, 2.05) is 39.8 Å². The van der Waals surface area contributed by atoms with Crippen LogP contribution in [0.2, 0.25) is 0 Å². The molecular weight excluding hydrogens is 402 g/mol. The molecule has 3 rings (SSSR count). The Morgan fingerprint density at radius 1 is 1.03 bits per heavy atom. The standard InChI is InChI=1S/C22H27N3O4S/c1-5-16(4)23-21(26)14-24-19-8-6-7-9-20(19)30(28,29)25(22(24)27)18-12-10-17(11-13-18)15(2)3/h6-13,15-16H,5,14H2,1-4H3,(H,23,26). The van der Waals surface area contributed by atoms with Gasteiger partial charge in [0.05, 0.1) is 11.4 Å². The summed E-state index contributed by atoms with van der Waals surface area (Å²) in [5.41, 5.74) is 1.48. The number of amides is 3. The van der Waals surface area contributed by atoms with Crippen molar-refractivity contribution >= 4 is 33.3 Å². The number of urea groups is 1. The number of sulfonamides is 1. The topological polar surface area (TPSA) is 86.8 Å². The quantitative estimate of drug-likeness (QED) is 0.755. The molecule has 1 aliphatic rings. The minimum Gasteiger partial charge on any atom is -0.352 e. The van der Waals surface area contributed by atoms with Crippen LogP contribution in [0.15, 0.2) is 53.4 Å². The van der Waals surface area contributed by atoms with Crippen LogP contribution in [-0.2, 0) is 14.8 Å². The molecule has 160 valence electrons. The lowest BCUT2D eigenvalue weighted by molar-refractivity contribution is -0.120. The van der Waals surface area contributed by atoms with Gasteiger partial charge in [-0.3, -0.25) is 9.69 Å². The Balaban J connectivity index is 2.04. The fraction of sp³-hybridized carbons (Fsp3) is 0.364. The molecule has 1 heterocycles. The Morgan fingerprint density at radius 3 is 2.27 bits per heavy atom. The van der Waals surface area contributed by atoms with E-state index >= 15 is 0 Å². The van der Waals surface area contributed by atoms with Crippen molar-refractivity contribution in [2.24, 2.45) is 0 Å². The van der Waals surface area contributed by atoms with E-state index in [4.69, 9.17) is 0 Å². The molecule has 0 saturated heterocycles. The SMILES string of the molecule is CCC(C)NC(=O)CN1C(=O)N(c2ccc(C(C)C)cc2)S(=O)(=O)c2ccccc21. The van der Waals surface area contributed by atoms with Gasteiger partial charge in [-0.15, -0.1) is 0 Å². The van der Waals surface area contributed by atoms with Gasteiger partial charge in [0.25, 0.3) is 10.0 Å². The molecule has 0 spiro atoms. The van der Waals surface area contributed by atoms with Gasteiger partial charge in [0, 0.05) is 6.04 Å². The first kappa shape index (κ1) is 21.8. The summed E-state index contributed by atoms with van der Waals surface area (Å²) in [5.74, 6) is -0.0731. The predicted octanol–water partition coefficient (Wildman–Crippen LogP) is 3.86. The van der Waals surface area contributed by atoms with Crippen molar-refractivity contribution in [2.45, 2.75) is 51.0 Å². The largest absolute Gasteiger partial charge is 0.352 e. The van der Waals surface area contributed by atoms with Gasteiger partial charge in [0.2, 0.25) is 5.91 Å². The Bertz CT molecular complexity index is 1050. The molecule has 8 heteroatoms. The van der Waals surface area contributed by atoms with E-state index in [9.17, 15) is 18.0 Å². The van der Waals surface area contributed by atoms with E-state index in [2.05, 4.69) is 5.32 Å². The van der Waals surface area contributed by atoms with Crippen LogP contribution >= 0.6 is 0 Å². The monoisotopic (exact) mass is 429 g/mol. The van der Waals surface area contributed by atoms with Gasteiger partial charge in [0.1, 0.15) is 11.4 Å². The third-order valence-electron chi connectivity index (χ3n) is 5.19. The van der Waals surface area contributed by atoms with E-state index < -0.39 is 16.1 Å². The first-order valence-corrected chi connectivity index (χ1v) is 11.5. The van der Waals surface area contributed by atoms with Crippen molar-refractivity contribution in [2.75, 3.05) is 15.7 Å². The van der Waals surface area contributed by atoms with Crippen LogP contribution in [0.3, 0.4) is 0 Å². The highest BCUT2D eigenvalue weighted by atomic mass is 32.2. The molecule has 1 unspecified atom stereocenters. The van der Waals surface area contributed by atoms with Crippen molar-refractivity contribution < 1.29 is 18.0 Å². The molecule has 1 atom stereocenters. The fourth-order valence-corrected chi connectivity index (χ4v) is 4.87. The molecule has 0 radical (unpaired) electrons. The number of anilines is 2. The van der Waals surface area contributed by atoms with Gasteiger partial charge >= 0.3 is 6.03 Å². The number of carbonyl (C=O) groups is 2. The van der Waals surface area contributed by atoms with E-state index in [0.29, 0.717) is 0 Å². The third kappa shape index (κ3) is 4.05. The van der Waals surface area contributed by atoms with Gasteiger partial charge in [-0.2, -0.15) is 4.31 Å². The summed E-state index contributed by atoms with van der Waals surface area (Å²) < 4.78 is 27.3. The summed E-state index contributed by atoms with van der Waals surface area (Å²) in [6, 6.07) is 12.3. The number of rotatable bonds is 6. The Morgan fingerprint density at radius 2 is 1.67 bits per heavy atom. The lowest BCUT2D eigenvalue weighted by Crippen LogP contribution is -2.54. The summed E-state index contributed by atoms with van der Waals surface area (Å²) in [7, 11) is -4.10. The van der Waals surface area contributed by atoms with Gasteiger partial charge < -0.3 is 5.32 Å². The number of nitrogens with one attached hydrogen (secondary N) is 1. The maximum atomic E-state index is 13.3. The van der Waals surface area contributed by atoms with Crippen LogP contribution in [0.25, 0.3) is 0 Å². The molecule has 0 bridgehead atoms. The highest BCUT2D eigenvalue weighted by Crippen LogP contribution is 2.37. The molecule has 0 fully saturated rings. The maximum Gasteiger partial charge on any atom is 0.343 e. The third-order valence-corrected chi connectivity index (χ3v) is 6.94. The summed E-state index contributed by atoms with van der Waals surface area (Å²) in [6.45, 7) is 7.62. The Labute approximate surface area is 177 Å². The van der Waals surface area contributed by atoms with Gasteiger partial charge in [-0.05, 0) is 49.1 Å². The maximum absolute atomic E-state index is 13.3. The zero-order valence-electron chi connectivity index (χ0n) is 17.6. The lowest BCUT2D eigenvalue weighted by atomic mass is 10.0. The highest BCUT2D eigenvalue weighted by molar-refractivity contribution is 7.94. The minimum absolute atomic E-state index is 0.00567. The molecule has 0 saturated carbocycles. The molecule has 2 aromatic rings. The van der Waals surface area contributed by atoms with Crippen LogP contribution in [0.1, 0.15) is 45.6 Å². The van der Waals surface area contributed by atoms with Crippen molar-refractivity contribution in [3.63, 3.8) is 0 Å². The molecule has 30 heavy (non-hydrogen) atoms. The van der Waals surface area contributed by atoms with Crippen LogP contribution in [0.4, 0.5) is 16.2 Å². The van der Waals surface area contributed by atoms with Gasteiger partial charge in [-0.1, -0.05) is 45.0 Å². The molecule has 0 aliphatic carbocycles. The van der Waals surface area contributed by atoms with Crippen molar-refractivity contribution in [3.8, 4) is 0 Å². The summed E-state index contributed by atoms with van der Waals surface area (Å²) >= 11 is 0. The second-order valence-electron chi connectivity index (χ2n) is 7.73. The van der Waals surface area contributed by atoms with Gasteiger partial charge in [0.15, 0.2) is 0 Å². The first-order chi connectivity index (χ1) is 14.2. The molecule has 3 amide bonds. The van der Waals surface area contributed by atoms with E-state index in [0.717, 1.165) is 16.3 Å². The van der Waals surface area contributed by atoms with Crippen LogP contribution in [0.5, 0.6) is 0 Å². The van der Waals surface area contributed by atoms with Gasteiger partial charge in [-0.25, -0.2) is 13.2 Å². The van der Waals surface area contributed by atoms with Crippen molar-refractivity contribution in [1.29, 1.82) is 0 Å². The van der Waals surface area contributed by atoms with Crippen molar-refractivity contribution in [1.82, 2.24) is 5.32 Å². The normalized spacial score (nSPS) is 16.4. The summed E-state index contributed by atoms with van der Waals surface area (Å²) in [4.78, 5) is 27.0.